The van der Waals surface area contributed by atoms with Crippen LogP contribution in [0.15, 0.2) is 48.5 Å². The van der Waals surface area contributed by atoms with Crippen molar-refractivity contribution in [3.63, 3.8) is 0 Å². The second-order valence-electron chi connectivity index (χ2n) is 4.56. The summed E-state index contributed by atoms with van der Waals surface area (Å²) in [5.74, 6) is -0.544. The third-order valence-electron chi connectivity index (χ3n) is 2.79. The van der Waals surface area contributed by atoms with E-state index in [0.29, 0.717) is 3.71 Å². The van der Waals surface area contributed by atoms with Gasteiger partial charge >= 0.3 is 3.92 Å². The van der Waals surface area contributed by atoms with E-state index in [9.17, 15) is 12.8 Å². The van der Waals surface area contributed by atoms with Gasteiger partial charge < -0.3 is 0 Å². The minimum absolute atomic E-state index is 0.116. The van der Waals surface area contributed by atoms with Crippen LogP contribution < -0.4 is 3.71 Å². The number of hydrogen-bond donors (Lipinski definition) is 0. The highest BCUT2D eigenvalue weighted by Gasteiger charge is 2.35. The van der Waals surface area contributed by atoms with Gasteiger partial charge in [0, 0.05) is 27.6 Å². The molecule has 2 aromatic carbocycles. The van der Waals surface area contributed by atoms with Crippen molar-refractivity contribution in [2.45, 2.75) is 9.67 Å². The van der Waals surface area contributed by atoms with Crippen LogP contribution in [0.3, 0.4) is 0 Å². The summed E-state index contributed by atoms with van der Waals surface area (Å²) in [5.41, 5.74) is 0.393. The van der Waals surface area contributed by atoms with Crippen molar-refractivity contribution in [1.29, 1.82) is 0 Å². The highest BCUT2D eigenvalue weighted by molar-refractivity contribution is 8.16. The number of halogens is 5. The average molecular weight is 449 g/mol. The molecule has 0 atom stereocenters. The maximum atomic E-state index is 13.7. The Kier molecular flexibility index (Phi) is 6.56. The van der Waals surface area contributed by atoms with Crippen LogP contribution in [0, 0.1) is 0 Å². The lowest BCUT2D eigenvalue weighted by molar-refractivity contribution is 0.515. The molecule has 0 unspecified atom stereocenters. The van der Waals surface area contributed by atoms with Crippen LogP contribution in [-0.2, 0) is 15.8 Å². The monoisotopic (exact) mass is 447 g/mol. The quantitative estimate of drug-likeness (QED) is 0.399. The van der Waals surface area contributed by atoms with Crippen LogP contribution in [0.2, 0.25) is 10.0 Å². The van der Waals surface area contributed by atoms with Gasteiger partial charge in [0.05, 0.1) is 11.4 Å². The summed E-state index contributed by atoms with van der Waals surface area (Å²) < 4.78 is 37.1. The van der Waals surface area contributed by atoms with E-state index in [0.717, 1.165) is 0 Å². The molecule has 130 valence electrons. The molecule has 0 saturated carbocycles. The summed E-state index contributed by atoms with van der Waals surface area (Å²) in [6.45, 7) is 0. The van der Waals surface area contributed by atoms with Crippen molar-refractivity contribution >= 4 is 74.1 Å². The lowest BCUT2D eigenvalue weighted by atomic mass is 10.2. The van der Waals surface area contributed by atoms with E-state index in [-0.39, 0.29) is 33.2 Å². The molecular formula is C14H10Cl4FNO2S2. The minimum Gasteiger partial charge on any atom is -0.206 e. The van der Waals surface area contributed by atoms with E-state index < -0.39 is 19.7 Å². The van der Waals surface area contributed by atoms with Crippen molar-refractivity contribution in [2.75, 3.05) is 3.71 Å². The average Bonchev–Trinajstić information content (AvgIpc) is 2.49. The Morgan fingerprint density at radius 2 is 1.54 bits per heavy atom. The first-order valence-electron chi connectivity index (χ1n) is 6.37. The van der Waals surface area contributed by atoms with Crippen LogP contribution in [0.25, 0.3) is 0 Å². The van der Waals surface area contributed by atoms with E-state index in [2.05, 4.69) is 0 Å². The van der Waals surface area contributed by atoms with E-state index >= 15 is 0 Å². The van der Waals surface area contributed by atoms with Gasteiger partial charge in [-0.25, -0.2) is 12.1 Å². The number of alkyl halides is 3. The number of nitrogens with zero attached hydrogens (tertiary/aromatic N) is 1. The normalized spacial score (nSPS) is 12.2. The van der Waals surface area contributed by atoms with Crippen LogP contribution >= 0.6 is 58.4 Å². The highest BCUT2D eigenvalue weighted by atomic mass is 35.5. The molecule has 24 heavy (non-hydrogen) atoms. The number of benzene rings is 2. The predicted molar refractivity (Wildman–Crippen MR) is 101 cm³/mol. The summed E-state index contributed by atoms with van der Waals surface area (Å²) in [6.07, 6.45) is 0. The summed E-state index contributed by atoms with van der Waals surface area (Å²) >= 11 is 22.9. The molecule has 0 heterocycles. The van der Waals surface area contributed by atoms with Gasteiger partial charge in [-0.05, 0) is 24.3 Å². The number of para-hydroxylation sites is 1. The van der Waals surface area contributed by atoms with E-state index in [4.69, 9.17) is 46.4 Å². The Hall–Kier alpha value is -0.370. The van der Waals surface area contributed by atoms with Gasteiger partial charge in [0.1, 0.15) is 0 Å². The first kappa shape index (κ1) is 19.9. The number of anilines is 1. The SMILES string of the molecule is O=S(=O)(Cc1c(Cl)cccc1Cl)N(SC(F)(Cl)Cl)c1ccccc1. The Labute approximate surface area is 163 Å². The maximum Gasteiger partial charge on any atom is 0.324 e. The first-order chi connectivity index (χ1) is 11.1. The van der Waals surface area contributed by atoms with Crippen molar-refractivity contribution in [2.24, 2.45) is 0 Å². The van der Waals surface area contributed by atoms with Gasteiger partial charge in [-0.3, -0.25) is 0 Å². The van der Waals surface area contributed by atoms with E-state index in [1.165, 1.54) is 24.3 Å². The van der Waals surface area contributed by atoms with Crippen molar-refractivity contribution in [1.82, 2.24) is 0 Å². The smallest absolute Gasteiger partial charge is 0.206 e. The highest BCUT2D eigenvalue weighted by Crippen LogP contribution is 2.43. The molecule has 0 N–H and O–H groups in total. The number of hydrogen-bond acceptors (Lipinski definition) is 3. The zero-order chi connectivity index (χ0) is 18.0. The standard InChI is InChI=1S/C14H10Cl4FNO2S2/c15-12-7-4-8-13(16)11(12)9-24(21,22)20(23-14(17,18)19)10-5-2-1-3-6-10/h1-8H,9H2. The molecule has 0 amide bonds. The second-order valence-corrected chi connectivity index (χ2v) is 10.2. The topological polar surface area (TPSA) is 37.4 Å². The van der Waals surface area contributed by atoms with Crippen molar-refractivity contribution in [3.8, 4) is 0 Å². The van der Waals surface area contributed by atoms with Crippen molar-refractivity contribution < 1.29 is 12.8 Å². The van der Waals surface area contributed by atoms with Crippen LogP contribution in [0.1, 0.15) is 5.56 Å². The van der Waals surface area contributed by atoms with Crippen LogP contribution in [-0.4, -0.2) is 12.3 Å². The fraction of sp³-hybridized carbons (Fsp3) is 0.143. The van der Waals surface area contributed by atoms with E-state index in [1.807, 2.05) is 0 Å². The molecule has 0 aliphatic heterocycles. The van der Waals surface area contributed by atoms with E-state index in [1.54, 1.807) is 24.3 Å². The summed E-state index contributed by atoms with van der Waals surface area (Å²) in [7, 11) is -4.09. The largest absolute Gasteiger partial charge is 0.324 e. The second kappa shape index (κ2) is 7.89. The Balaban J connectivity index is 2.44. The van der Waals surface area contributed by atoms with Gasteiger partial charge in [-0.1, -0.05) is 70.7 Å². The summed E-state index contributed by atoms with van der Waals surface area (Å²) in [4.78, 5) is 0. The third kappa shape index (κ3) is 5.31. The lowest BCUT2D eigenvalue weighted by Gasteiger charge is -2.25. The Morgan fingerprint density at radius 3 is 2.04 bits per heavy atom. The maximum absolute atomic E-state index is 13.7. The molecule has 0 fully saturated rings. The van der Waals surface area contributed by atoms with Gasteiger partial charge in [-0.2, -0.15) is 4.39 Å². The third-order valence-corrected chi connectivity index (χ3v) is 6.78. The van der Waals surface area contributed by atoms with Crippen LogP contribution in [0.5, 0.6) is 0 Å². The molecule has 0 aromatic heterocycles. The zero-order valence-corrected chi connectivity index (χ0v) is 16.5. The fourth-order valence-corrected chi connectivity index (χ4v) is 5.75. The van der Waals surface area contributed by atoms with Gasteiger partial charge in [0.15, 0.2) is 0 Å². The molecule has 0 spiro atoms. The fourth-order valence-electron chi connectivity index (χ4n) is 1.83. The summed E-state index contributed by atoms with van der Waals surface area (Å²) in [6, 6.07) is 12.5. The molecule has 0 bridgehead atoms. The minimum atomic E-state index is -4.09. The zero-order valence-electron chi connectivity index (χ0n) is 11.8. The number of rotatable bonds is 6. The molecular weight excluding hydrogens is 439 g/mol. The molecule has 0 radical (unpaired) electrons. The Bertz CT molecular complexity index is 793. The lowest BCUT2D eigenvalue weighted by Crippen LogP contribution is -2.28. The molecule has 2 rings (SSSR count). The number of sulfonamides is 1. The molecule has 0 aliphatic rings. The summed E-state index contributed by atoms with van der Waals surface area (Å²) in [5, 5.41) is 0.375. The Morgan fingerprint density at radius 1 is 1.00 bits per heavy atom. The molecule has 3 nitrogen and oxygen atoms in total. The van der Waals surface area contributed by atoms with Gasteiger partial charge in [-0.15, -0.1) is 0 Å². The van der Waals surface area contributed by atoms with Crippen molar-refractivity contribution in [3.05, 3.63) is 64.1 Å². The van der Waals surface area contributed by atoms with Crippen LogP contribution in [0.4, 0.5) is 10.1 Å². The predicted octanol–water partition coefficient (Wildman–Crippen LogP) is 6.04. The molecule has 0 aliphatic carbocycles. The van der Waals surface area contributed by atoms with Gasteiger partial charge in [0.25, 0.3) is 0 Å². The molecule has 0 saturated heterocycles. The van der Waals surface area contributed by atoms with Gasteiger partial charge in [0.2, 0.25) is 10.0 Å². The first-order valence-corrected chi connectivity index (χ1v) is 10.3. The molecule has 10 heteroatoms. The molecule has 2 aromatic rings.